The van der Waals surface area contributed by atoms with Crippen molar-refractivity contribution in [3.8, 4) is 5.75 Å². The molecule has 0 saturated heterocycles. The zero-order valence-electron chi connectivity index (χ0n) is 15.7. The van der Waals surface area contributed by atoms with Crippen molar-refractivity contribution in [2.45, 2.75) is 76.0 Å². The fraction of sp³-hybridized carbons (Fsp3) is 0.600. The monoisotopic (exact) mass is 373 g/mol. The van der Waals surface area contributed by atoms with Crippen molar-refractivity contribution in [3.05, 3.63) is 24.0 Å². The summed E-state index contributed by atoms with van der Waals surface area (Å²) in [5.41, 5.74) is 12.2. The van der Waals surface area contributed by atoms with Crippen LogP contribution in [-0.2, 0) is 0 Å². The number of benzene rings is 1. The maximum absolute atomic E-state index is 14.8. The summed E-state index contributed by atoms with van der Waals surface area (Å²) in [5.74, 6) is 0.322. The van der Waals surface area contributed by atoms with E-state index in [1.807, 2.05) is 11.0 Å². The van der Waals surface area contributed by atoms with E-state index in [1.54, 1.807) is 6.07 Å². The third-order valence-electron chi connectivity index (χ3n) is 5.88. The first-order valence-corrected chi connectivity index (χ1v) is 10.0. The van der Waals surface area contributed by atoms with Crippen molar-refractivity contribution in [3.63, 3.8) is 0 Å². The predicted molar refractivity (Wildman–Crippen MR) is 105 cm³/mol. The molecule has 2 fully saturated rings. The van der Waals surface area contributed by atoms with Crippen LogP contribution in [0, 0.1) is 5.82 Å². The Kier molecular flexibility index (Phi) is 4.93. The van der Waals surface area contributed by atoms with Crippen LogP contribution in [0.15, 0.2) is 28.2 Å². The number of anilines is 1. The molecule has 2 aliphatic carbocycles. The molecule has 1 aromatic carbocycles. The van der Waals surface area contributed by atoms with E-state index in [2.05, 4.69) is 9.98 Å². The van der Waals surface area contributed by atoms with Gasteiger partial charge in [-0.05, 0) is 63.5 Å². The van der Waals surface area contributed by atoms with Crippen molar-refractivity contribution >= 4 is 17.6 Å². The first-order chi connectivity index (χ1) is 13.1. The smallest absolute Gasteiger partial charge is 0.220 e. The van der Waals surface area contributed by atoms with Gasteiger partial charge in [-0.15, -0.1) is 0 Å². The summed E-state index contributed by atoms with van der Waals surface area (Å²) in [6.45, 7) is 0. The molecule has 3 aliphatic rings. The molecule has 0 unspecified atom stereocenters. The molecule has 0 aromatic heterocycles. The van der Waals surface area contributed by atoms with E-state index in [1.165, 1.54) is 12.5 Å². The van der Waals surface area contributed by atoms with Gasteiger partial charge < -0.3 is 16.2 Å². The predicted octanol–water partition coefficient (Wildman–Crippen LogP) is 3.65. The molecule has 0 amide bonds. The van der Waals surface area contributed by atoms with Gasteiger partial charge in [-0.3, -0.25) is 4.90 Å². The Morgan fingerprint density at radius 3 is 2.48 bits per heavy atom. The number of nitrogens with two attached hydrogens (primary N) is 2. The summed E-state index contributed by atoms with van der Waals surface area (Å²) < 4.78 is 21.0. The number of guanidine groups is 2. The van der Waals surface area contributed by atoms with Crippen molar-refractivity contribution in [1.82, 2.24) is 0 Å². The first kappa shape index (κ1) is 18.1. The summed E-state index contributed by atoms with van der Waals surface area (Å²) in [4.78, 5) is 10.7. The third kappa shape index (κ3) is 3.47. The summed E-state index contributed by atoms with van der Waals surface area (Å²) in [5, 5.41) is 0. The quantitative estimate of drug-likeness (QED) is 0.846. The average molecular weight is 373 g/mol. The Balaban J connectivity index is 1.74. The van der Waals surface area contributed by atoms with Crippen LogP contribution < -0.4 is 21.1 Å². The molecule has 1 heterocycles. The zero-order valence-corrected chi connectivity index (χ0v) is 15.7. The maximum Gasteiger partial charge on any atom is 0.220 e. The number of ether oxygens (including phenoxy) is 1. The molecule has 0 radical (unpaired) electrons. The Labute approximate surface area is 159 Å². The van der Waals surface area contributed by atoms with Gasteiger partial charge in [-0.1, -0.05) is 18.9 Å². The van der Waals surface area contributed by atoms with Crippen molar-refractivity contribution in [1.29, 1.82) is 0 Å². The second-order valence-corrected chi connectivity index (χ2v) is 7.78. The van der Waals surface area contributed by atoms with E-state index >= 15 is 0 Å². The fourth-order valence-electron chi connectivity index (χ4n) is 4.61. The molecule has 2 saturated carbocycles. The van der Waals surface area contributed by atoms with Crippen LogP contribution in [0.25, 0.3) is 0 Å². The van der Waals surface area contributed by atoms with E-state index in [9.17, 15) is 4.39 Å². The van der Waals surface area contributed by atoms with E-state index < -0.39 is 5.66 Å². The molecule has 4 rings (SSSR count). The minimum Gasteiger partial charge on any atom is -0.485 e. The molecular weight excluding hydrogens is 345 g/mol. The zero-order chi connectivity index (χ0) is 18.9. The van der Waals surface area contributed by atoms with Gasteiger partial charge in [0.2, 0.25) is 11.9 Å². The summed E-state index contributed by atoms with van der Waals surface area (Å²) in [7, 11) is 0. The van der Waals surface area contributed by atoms with Gasteiger partial charge in [0.15, 0.2) is 11.6 Å². The normalized spacial score (nSPS) is 23.1. The molecule has 6 nitrogen and oxygen atoms in total. The van der Waals surface area contributed by atoms with E-state index in [4.69, 9.17) is 16.2 Å². The van der Waals surface area contributed by atoms with Gasteiger partial charge in [0, 0.05) is 0 Å². The highest BCUT2D eigenvalue weighted by atomic mass is 19.1. The number of halogens is 1. The Morgan fingerprint density at radius 1 is 1.04 bits per heavy atom. The molecule has 0 bridgehead atoms. The molecular formula is C20H28FN5O. The Morgan fingerprint density at radius 2 is 1.74 bits per heavy atom. The average Bonchev–Trinajstić information content (AvgIpc) is 2.65. The van der Waals surface area contributed by atoms with Gasteiger partial charge in [-0.25, -0.2) is 9.38 Å². The topological polar surface area (TPSA) is 89.2 Å². The van der Waals surface area contributed by atoms with Crippen LogP contribution in [0.2, 0.25) is 0 Å². The minimum absolute atomic E-state index is 0.0354. The van der Waals surface area contributed by atoms with Crippen molar-refractivity contribution in [2.24, 2.45) is 21.5 Å². The summed E-state index contributed by atoms with van der Waals surface area (Å²) in [6.07, 6.45) is 10.2. The Bertz CT molecular complexity index is 751. The van der Waals surface area contributed by atoms with Crippen LogP contribution >= 0.6 is 0 Å². The van der Waals surface area contributed by atoms with Crippen LogP contribution in [-0.4, -0.2) is 23.7 Å². The largest absolute Gasteiger partial charge is 0.485 e. The maximum atomic E-state index is 14.8. The second kappa shape index (κ2) is 7.37. The first-order valence-electron chi connectivity index (χ1n) is 10.0. The summed E-state index contributed by atoms with van der Waals surface area (Å²) in [6, 6.07) is 4.96. The Hall–Kier alpha value is -2.31. The van der Waals surface area contributed by atoms with Crippen LogP contribution in [0.3, 0.4) is 0 Å². The number of aliphatic imine (C=N–C) groups is 2. The second-order valence-electron chi connectivity index (χ2n) is 7.78. The number of hydrogen-bond acceptors (Lipinski definition) is 6. The van der Waals surface area contributed by atoms with Gasteiger partial charge in [0.1, 0.15) is 5.66 Å². The highest BCUT2D eigenvalue weighted by molar-refractivity contribution is 6.06. The SMILES string of the molecule is NC1=NC2(CCCCC2)N(c2cccc(F)c2OC2CCCCC2)C(N)=N1. The molecule has 146 valence electrons. The molecule has 7 heteroatoms. The fourth-order valence-corrected chi connectivity index (χ4v) is 4.61. The molecule has 4 N–H and O–H groups in total. The van der Waals surface area contributed by atoms with Gasteiger partial charge >= 0.3 is 0 Å². The van der Waals surface area contributed by atoms with Crippen LogP contribution in [0.1, 0.15) is 64.2 Å². The minimum atomic E-state index is -0.605. The van der Waals surface area contributed by atoms with E-state index in [0.717, 1.165) is 57.8 Å². The van der Waals surface area contributed by atoms with Crippen molar-refractivity contribution < 1.29 is 9.13 Å². The lowest BCUT2D eigenvalue weighted by atomic mass is 9.87. The van der Waals surface area contributed by atoms with E-state index in [-0.39, 0.29) is 29.6 Å². The molecule has 0 atom stereocenters. The van der Waals surface area contributed by atoms with Crippen molar-refractivity contribution in [2.75, 3.05) is 4.90 Å². The summed E-state index contributed by atoms with van der Waals surface area (Å²) >= 11 is 0. The number of hydrogen-bond donors (Lipinski definition) is 2. The molecule has 1 aliphatic heterocycles. The number of nitrogens with zero attached hydrogens (tertiary/aromatic N) is 3. The molecule has 1 spiro atoms. The van der Waals surface area contributed by atoms with Gasteiger partial charge in [0.25, 0.3) is 0 Å². The van der Waals surface area contributed by atoms with E-state index in [0.29, 0.717) is 5.69 Å². The molecule has 1 aromatic rings. The van der Waals surface area contributed by atoms with Crippen LogP contribution in [0.5, 0.6) is 5.75 Å². The molecule has 27 heavy (non-hydrogen) atoms. The standard InChI is InChI=1S/C20H28FN5O/c21-15-10-7-11-16(17(15)27-14-8-3-1-4-9-14)26-19(23)24-18(22)25-20(26)12-5-2-6-13-20/h7,10-11,14H,1-6,8-9,12-13H2,(H4,22,23,24,25). The van der Waals surface area contributed by atoms with Crippen LogP contribution in [0.4, 0.5) is 10.1 Å². The number of para-hydroxylation sites is 1. The lowest BCUT2D eigenvalue weighted by Gasteiger charge is -2.46. The lowest BCUT2D eigenvalue weighted by Crippen LogP contribution is -2.58. The van der Waals surface area contributed by atoms with Gasteiger partial charge in [-0.2, -0.15) is 4.99 Å². The highest BCUT2D eigenvalue weighted by Crippen LogP contribution is 2.44. The van der Waals surface area contributed by atoms with Gasteiger partial charge in [0.05, 0.1) is 11.8 Å². The lowest BCUT2D eigenvalue weighted by molar-refractivity contribution is 0.148. The number of rotatable bonds is 3. The third-order valence-corrected chi connectivity index (χ3v) is 5.88. The highest BCUT2D eigenvalue weighted by Gasteiger charge is 2.44.